The van der Waals surface area contributed by atoms with Gasteiger partial charge >= 0.3 is 0 Å². The lowest BCUT2D eigenvalue weighted by Gasteiger charge is -2.38. The van der Waals surface area contributed by atoms with Crippen LogP contribution in [-0.2, 0) is 4.79 Å². The normalized spacial score (nSPS) is 19.9. The second-order valence-electron chi connectivity index (χ2n) is 8.22. The van der Waals surface area contributed by atoms with Crippen molar-refractivity contribution in [3.8, 4) is 5.75 Å². The van der Waals surface area contributed by atoms with Crippen LogP contribution >= 0.6 is 11.8 Å². The van der Waals surface area contributed by atoms with Crippen LogP contribution < -0.4 is 10.9 Å². The highest BCUT2D eigenvalue weighted by Crippen LogP contribution is 2.47. The van der Waals surface area contributed by atoms with Crippen LogP contribution in [0, 0.1) is 5.41 Å². The first kappa shape index (κ1) is 19.5. The summed E-state index contributed by atoms with van der Waals surface area (Å²) in [7, 11) is 0. The summed E-state index contributed by atoms with van der Waals surface area (Å²) in [6.45, 7) is 7.84. The average molecular weight is 410 g/mol. The van der Waals surface area contributed by atoms with Gasteiger partial charge in [-0.15, -0.1) is 6.58 Å². The Hall–Kier alpha value is -2.80. The molecule has 2 heterocycles. The van der Waals surface area contributed by atoms with Crippen LogP contribution in [0.3, 0.4) is 0 Å². The molecule has 4 rings (SSSR count). The molecule has 0 radical (unpaired) electrons. The van der Waals surface area contributed by atoms with Gasteiger partial charge in [-0.3, -0.25) is 9.59 Å². The van der Waals surface area contributed by atoms with E-state index in [1.807, 2.05) is 0 Å². The molecule has 1 aliphatic heterocycles. The molecule has 2 aliphatic rings. The van der Waals surface area contributed by atoms with Crippen LogP contribution in [0.1, 0.15) is 43.7 Å². The third-order valence-corrected chi connectivity index (χ3v) is 6.13. The SMILES string of the molecule is C=CCSc1nc2c(c(=O)[nH]1)C(c1ccc(O)cc1)C1=C(CC(C)(C)CC1=O)N2. The summed E-state index contributed by atoms with van der Waals surface area (Å²) in [5, 5.41) is 13.5. The van der Waals surface area contributed by atoms with E-state index in [9.17, 15) is 14.7 Å². The maximum Gasteiger partial charge on any atom is 0.257 e. The quantitative estimate of drug-likeness (QED) is 0.402. The number of aromatic amines is 1. The molecule has 0 bridgehead atoms. The molecular weight excluding hydrogens is 386 g/mol. The van der Waals surface area contributed by atoms with Crippen molar-refractivity contribution in [3.63, 3.8) is 0 Å². The van der Waals surface area contributed by atoms with Gasteiger partial charge in [-0.1, -0.05) is 43.8 Å². The van der Waals surface area contributed by atoms with Crippen molar-refractivity contribution >= 4 is 23.4 Å². The van der Waals surface area contributed by atoms with Crippen LogP contribution in [0.2, 0.25) is 0 Å². The van der Waals surface area contributed by atoms with E-state index in [1.54, 1.807) is 30.3 Å². The number of aromatic hydroxyl groups is 1. The Morgan fingerprint density at radius 3 is 2.69 bits per heavy atom. The van der Waals surface area contributed by atoms with Crippen molar-refractivity contribution in [3.05, 3.63) is 69.7 Å². The van der Waals surface area contributed by atoms with E-state index < -0.39 is 5.92 Å². The van der Waals surface area contributed by atoms with Crippen molar-refractivity contribution in [2.75, 3.05) is 11.1 Å². The molecule has 0 amide bonds. The molecule has 7 heteroatoms. The number of rotatable bonds is 4. The summed E-state index contributed by atoms with van der Waals surface area (Å²) in [5.41, 5.74) is 2.24. The Bertz CT molecular complexity index is 1080. The number of ketones is 1. The van der Waals surface area contributed by atoms with Gasteiger partial charge < -0.3 is 15.4 Å². The molecule has 0 saturated heterocycles. The lowest BCUT2D eigenvalue weighted by atomic mass is 9.69. The number of carbonyl (C=O) groups is 1. The minimum atomic E-state index is -0.514. The van der Waals surface area contributed by atoms with E-state index in [-0.39, 0.29) is 22.5 Å². The first-order valence-corrected chi connectivity index (χ1v) is 10.5. The fourth-order valence-electron chi connectivity index (χ4n) is 4.10. The third-order valence-electron chi connectivity index (χ3n) is 5.26. The van der Waals surface area contributed by atoms with E-state index >= 15 is 0 Å². The molecular formula is C22H23N3O3S. The number of nitrogens with zero attached hydrogens (tertiary/aromatic N) is 1. The van der Waals surface area contributed by atoms with Crippen molar-refractivity contribution < 1.29 is 9.90 Å². The van der Waals surface area contributed by atoms with E-state index in [0.29, 0.717) is 40.7 Å². The number of fused-ring (bicyclic) bond motifs is 1. The average Bonchev–Trinajstić information content (AvgIpc) is 2.64. The number of anilines is 1. The number of nitrogens with one attached hydrogen (secondary N) is 2. The zero-order valence-electron chi connectivity index (χ0n) is 16.4. The smallest absolute Gasteiger partial charge is 0.257 e. The summed E-state index contributed by atoms with van der Waals surface area (Å²) >= 11 is 1.40. The minimum Gasteiger partial charge on any atom is -0.508 e. The fraction of sp³-hybridized carbons (Fsp3) is 0.318. The molecule has 6 nitrogen and oxygen atoms in total. The number of aromatic nitrogens is 2. The topological polar surface area (TPSA) is 95.1 Å². The number of allylic oxidation sites excluding steroid dienone is 2. The highest BCUT2D eigenvalue weighted by Gasteiger charge is 2.42. The number of thioether (sulfide) groups is 1. The van der Waals surface area contributed by atoms with Crippen molar-refractivity contribution in [1.82, 2.24) is 9.97 Å². The second kappa shape index (κ2) is 7.22. The number of Topliss-reactive ketones (excluding diaryl/α,β-unsaturated/α-hetero) is 1. The molecule has 0 fully saturated rings. The van der Waals surface area contributed by atoms with Gasteiger partial charge in [0.2, 0.25) is 0 Å². The van der Waals surface area contributed by atoms with Crippen molar-refractivity contribution in [2.24, 2.45) is 5.41 Å². The van der Waals surface area contributed by atoms with Crippen LogP contribution in [0.15, 0.2) is 58.1 Å². The number of phenols is 1. The standard InChI is InChI=1S/C22H23N3O3S/c1-4-9-29-21-24-19-18(20(28)25-21)16(12-5-7-13(26)8-6-12)17-14(23-19)10-22(2,3)11-15(17)27/h4-8,16,26H,1,9-11H2,2-3H3,(H2,23,24,25,28). The van der Waals surface area contributed by atoms with Crippen molar-refractivity contribution in [1.29, 1.82) is 0 Å². The van der Waals surface area contributed by atoms with Gasteiger partial charge in [0.05, 0.1) is 5.56 Å². The van der Waals surface area contributed by atoms with Gasteiger partial charge in [-0.2, -0.15) is 0 Å². The van der Waals surface area contributed by atoms with Gasteiger partial charge in [0.25, 0.3) is 5.56 Å². The minimum absolute atomic E-state index is 0.0389. The summed E-state index contributed by atoms with van der Waals surface area (Å²) in [5.74, 6) is 0.777. The monoisotopic (exact) mass is 409 g/mol. The van der Waals surface area contributed by atoms with Crippen molar-refractivity contribution in [2.45, 2.75) is 37.8 Å². The molecule has 29 heavy (non-hydrogen) atoms. The largest absolute Gasteiger partial charge is 0.508 e. The summed E-state index contributed by atoms with van der Waals surface area (Å²) in [6.07, 6.45) is 2.88. The first-order valence-electron chi connectivity index (χ1n) is 9.49. The fourth-order valence-corrected chi connectivity index (χ4v) is 4.70. The molecule has 1 aromatic carbocycles. The summed E-state index contributed by atoms with van der Waals surface area (Å²) < 4.78 is 0. The van der Waals surface area contributed by atoms with Gasteiger partial charge in [-0.25, -0.2) is 4.98 Å². The number of carbonyl (C=O) groups excluding carboxylic acids is 1. The lowest BCUT2D eigenvalue weighted by molar-refractivity contribution is -0.118. The first-order chi connectivity index (χ1) is 13.8. The van der Waals surface area contributed by atoms with E-state index in [2.05, 4.69) is 35.7 Å². The number of H-pyrrole nitrogens is 1. The third kappa shape index (κ3) is 3.62. The number of phenolic OH excluding ortho intramolecular Hbond substituents is 1. The predicted molar refractivity (Wildman–Crippen MR) is 114 cm³/mol. The Kier molecular flexibility index (Phi) is 4.86. The number of hydrogen-bond donors (Lipinski definition) is 3. The van der Waals surface area contributed by atoms with Gasteiger partial charge in [-0.05, 0) is 29.5 Å². The number of benzene rings is 1. The van der Waals surface area contributed by atoms with Crippen LogP contribution in [0.4, 0.5) is 5.82 Å². The van der Waals surface area contributed by atoms with Gasteiger partial charge in [0, 0.05) is 29.4 Å². The maximum absolute atomic E-state index is 13.1. The molecule has 1 atom stereocenters. The molecule has 3 N–H and O–H groups in total. The van der Waals surface area contributed by atoms with Crippen LogP contribution in [0.25, 0.3) is 0 Å². The molecule has 1 unspecified atom stereocenters. The van der Waals surface area contributed by atoms with Gasteiger partial charge in [0.15, 0.2) is 10.9 Å². The maximum atomic E-state index is 13.1. The Morgan fingerprint density at radius 2 is 2.00 bits per heavy atom. The summed E-state index contributed by atoms with van der Waals surface area (Å²) in [4.78, 5) is 33.6. The Labute approximate surface area is 173 Å². The van der Waals surface area contributed by atoms with Crippen LogP contribution in [-0.4, -0.2) is 26.6 Å². The zero-order chi connectivity index (χ0) is 20.8. The predicted octanol–water partition coefficient (Wildman–Crippen LogP) is 3.95. The molecule has 1 aliphatic carbocycles. The number of hydrogen-bond acceptors (Lipinski definition) is 6. The second-order valence-corrected chi connectivity index (χ2v) is 9.22. The van der Waals surface area contributed by atoms with E-state index in [4.69, 9.17) is 0 Å². The van der Waals surface area contributed by atoms with Gasteiger partial charge in [0.1, 0.15) is 11.6 Å². The molecule has 150 valence electrons. The Morgan fingerprint density at radius 1 is 1.28 bits per heavy atom. The highest BCUT2D eigenvalue weighted by molar-refractivity contribution is 7.99. The highest BCUT2D eigenvalue weighted by atomic mass is 32.2. The summed E-state index contributed by atoms with van der Waals surface area (Å²) in [6, 6.07) is 6.66. The molecule has 0 spiro atoms. The molecule has 0 saturated carbocycles. The van der Waals surface area contributed by atoms with Crippen LogP contribution in [0.5, 0.6) is 5.75 Å². The molecule has 1 aromatic heterocycles. The van der Waals surface area contributed by atoms with E-state index in [0.717, 1.165) is 11.3 Å². The zero-order valence-corrected chi connectivity index (χ0v) is 17.2. The Balaban J connectivity index is 1.92. The lowest BCUT2D eigenvalue weighted by Crippen LogP contribution is -2.37. The van der Waals surface area contributed by atoms with E-state index in [1.165, 1.54) is 11.8 Å². The molecule has 2 aromatic rings.